The zero-order valence-corrected chi connectivity index (χ0v) is 7.98. The normalized spacial score (nSPS) is 13.8. The molecule has 0 spiro atoms. The Morgan fingerprint density at radius 1 is 1.25 bits per heavy atom. The molecule has 7 heteroatoms. The fourth-order valence-corrected chi connectivity index (χ4v) is 0.926. The van der Waals surface area contributed by atoms with Crippen molar-refractivity contribution in [2.24, 2.45) is 0 Å². The van der Waals surface area contributed by atoms with Crippen molar-refractivity contribution < 1.29 is 29.6 Å². The molecule has 1 aromatic heterocycles. The van der Waals surface area contributed by atoms with Gasteiger partial charge in [0.2, 0.25) is 12.0 Å². The first-order chi connectivity index (χ1) is 7.52. The molecule has 1 aromatic rings. The molecule has 1 rings (SSSR count). The average Bonchev–Trinajstić information content (AvgIpc) is 2.26. The Labute approximate surface area is 89.9 Å². The van der Waals surface area contributed by atoms with Crippen LogP contribution in [0.5, 0.6) is 5.88 Å². The fraction of sp³-hybridized carbons (Fsp3) is 0.222. The second kappa shape index (κ2) is 5.08. The van der Waals surface area contributed by atoms with Crippen LogP contribution in [-0.2, 0) is 9.59 Å². The molecular formula is C9H9NO6. The van der Waals surface area contributed by atoms with Crippen LogP contribution >= 0.6 is 0 Å². The van der Waals surface area contributed by atoms with E-state index in [-0.39, 0.29) is 5.88 Å². The molecule has 0 aliphatic carbocycles. The summed E-state index contributed by atoms with van der Waals surface area (Å²) < 4.78 is 4.76. The monoisotopic (exact) mass is 227 g/mol. The van der Waals surface area contributed by atoms with Gasteiger partial charge in [0, 0.05) is 12.3 Å². The summed E-state index contributed by atoms with van der Waals surface area (Å²) in [6, 6.07) is 4.47. The molecule has 16 heavy (non-hydrogen) atoms. The van der Waals surface area contributed by atoms with Gasteiger partial charge in [0.25, 0.3) is 0 Å². The number of aliphatic carboxylic acids is 2. The second-order valence-electron chi connectivity index (χ2n) is 2.83. The zero-order valence-electron chi connectivity index (χ0n) is 7.98. The third-order valence-electron chi connectivity index (χ3n) is 1.67. The number of pyridine rings is 1. The number of carbonyl (C=O) groups is 2. The predicted molar refractivity (Wildman–Crippen MR) is 49.9 cm³/mol. The predicted octanol–water partition coefficient (Wildman–Crippen LogP) is -0.641. The maximum Gasteiger partial charge on any atom is 0.348 e. The number of carboxylic acids is 2. The van der Waals surface area contributed by atoms with Crippen molar-refractivity contribution in [3.8, 4) is 5.88 Å². The Morgan fingerprint density at radius 2 is 1.94 bits per heavy atom. The van der Waals surface area contributed by atoms with Crippen molar-refractivity contribution in [2.75, 3.05) is 0 Å². The van der Waals surface area contributed by atoms with Crippen LogP contribution in [0.25, 0.3) is 0 Å². The van der Waals surface area contributed by atoms with E-state index in [4.69, 9.17) is 20.1 Å². The first kappa shape index (κ1) is 11.9. The SMILES string of the molecule is O=C(O)C(O)C(Oc1ccccn1)C(=O)O. The van der Waals surface area contributed by atoms with Gasteiger partial charge < -0.3 is 20.1 Å². The van der Waals surface area contributed by atoms with Crippen LogP contribution in [0.15, 0.2) is 24.4 Å². The Balaban J connectivity index is 2.81. The number of hydrogen-bond acceptors (Lipinski definition) is 5. The first-order valence-electron chi connectivity index (χ1n) is 4.23. The number of aliphatic hydroxyl groups excluding tert-OH is 1. The molecule has 0 saturated carbocycles. The van der Waals surface area contributed by atoms with Crippen molar-refractivity contribution in [2.45, 2.75) is 12.2 Å². The van der Waals surface area contributed by atoms with Crippen LogP contribution in [0.1, 0.15) is 0 Å². The van der Waals surface area contributed by atoms with Gasteiger partial charge in [-0.1, -0.05) is 6.07 Å². The van der Waals surface area contributed by atoms with Crippen LogP contribution in [0, 0.1) is 0 Å². The van der Waals surface area contributed by atoms with E-state index in [0.717, 1.165) is 0 Å². The second-order valence-corrected chi connectivity index (χ2v) is 2.83. The smallest absolute Gasteiger partial charge is 0.348 e. The standard InChI is InChI=1S/C9H9NO6/c11-6(8(12)13)7(9(14)15)16-5-3-1-2-4-10-5/h1-4,6-7,11H,(H,12,13)(H,14,15). The highest BCUT2D eigenvalue weighted by Crippen LogP contribution is 2.09. The lowest BCUT2D eigenvalue weighted by Gasteiger charge is -2.16. The zero-order chi connectivity index (χ0) is 12.1. The molecule has 0 bridgehead atoms. The summed E-state index contributed by atoms with van der Waals surface area (Å²) in [7, 11) is 0. The van der Waals surface area contributed by atoms with E-state index in [1.165, 1.54) is 18.3 Å². The van der Waals surface area contributed by atoms with Crippen LogP contribution in [0.4, 0.5) is 0 Å². The molecule has 7 nitrogen and oxygen atoms in total. The lowest BCUT2D eigenvalue weighted by molar-refractivity contribution is -0.163. The molecule has 2 unspecified atom stereocenters. The van der Waals surface area contributed by atoms with E-state index in [0.29, 0.717) is 0 Å². The quantitative estimate of drug-likeness (QED) is 0.612. The number of ether oxygens (including phenoxy) is 1. The third-order valence-corrected chi connectivity index (χ3v) is 1.67. The summed E-state index contributed by atoms with van der Waals surface area (Å²) in [5, 5.41) is 26.2. The van der Waals surface area contributed by atoms with Gasteiger partial charge in [-0.3, -0.25) is 0 Å². The van der Waals surface area contributed by atoms with E-state index in [2.05, 4.69) is 4.98 Å². The van der Waals surface area contributed by atoms with E-state index < -0.39 is 24.1 Å². The largest absolute Gasteiger partial charge is 0.479 e. The molecule has 0 aliphatic heterocycles. The number of rotatable bonds is 5. The molecule has 1 heterocycles. The van der Waals surface area contributed by atoms with Crippen molar-refractivity contribution in [3.05, 3.63) is 24.4 Å². The summed E-state index contributed by atoms with van der Waals surface area (Å²) in [5.74, 6) is -3.33. The molecule has 3 N–H and O–H groups in total. The average molecular weight is 227 g/mol. The highest BCUT2D eigenvalue weighted by molar-refractivity contribution is 5.83. The highest BCUT2D eigenvalue weighted by atomic mass is 16.5. The minimum atomic E-state index is -2.15. The maximum atomic E-state index is 10.7. The van der Waals surface area contributed by atoms with E-state index in [1.807, 2.05) is 0 Å². The molecule has 0 saturated heterocycles. The van der Waals surface area contributed by atoms with Gasteiger partial charge in [-0.15, -0.1) is 0 Å². The van der Waals surface area contributed by atoms with E-state index in [9.17, 15) is 9.59 Å². The number of aliphatic hydroxyl groups is 1. The van der Waals surface area contributed by atoms with Gasteiger partial charge in [0.15, 0.2) is 6.10 Å². The van der Waals surface area contributed by atoms with Crippen LogP contribution in [-0.4, -0.2) is 44.5 Å². The van der Waals surface area contributed by atoms with Gasteiger partial charge in [0.05, 0.1) is 0 Å². The summed E-state index contributed by atoms with van der Waals surface area (Å²) >= 11 is 0. The van der Waals surface area contributed by atoms with Crippen molar-refractivity contribution >= 4 is 11.9 Å². The summed E-state index contributed by atoms with van der Waals surface area (Å²) in [5.41, 5.74) is 0. The Kier molecular flexibility index (Phi) is 3.78. The van der Waals surface area contributed by atoms with Crippen LogP contribution in [0.3, 0.4) is 0 Å². The Bertz CT molecular complexity index is 379. The summed E-state index contributed by atoms with van der Waals surface area (Å²) in [6.07, 6.45) is -2.70. The van der Waals surface area contributed by atoms with Crippen molar-refractivity contribution in [3.63, 3.8) is 0 Å². The van der Waals surface area contributed by atoms with Crippen LogP contribution in [0.2, 0.25) is 0 Å². The Morgan fingerprint density at radius 3 is 2.38 bits per heavy atom. The van der Waals surface area contributed by atoms with Gasteiger partial charge in [-0.25, -0.2) is 14.6 Å². The van der Waals surface area contributed by atoms with Crippen molar-refractivity contribution in [1.82, 2.24) is 4.98 Å². The highest BCUT2D eigenvalue weighted by Gasteiger charge is 2.34. The molecule has 0 fully saturated rings. The third kappa shape index (κ3) is 2.92. The molecule has 0 amide bonds. The topological polar surface area (TPSA) is 117 Å². The van der Waals surface area contributed by atoms with E-state index >= 15 is 0 Å². The lowest BCUT2D eigenvalue weighted by atomic mass is 10.2. The van der Waals surface area contributed by atoms with Crippen LogP contribution < -0.4 is 4.74 Å². The van der Waals surface area contributed by atoms with Gasteiger partial charge in [0.1, 0.15) is 0 Å². The van der Waals surface area contributed by atoms with Crippen molar-refractivity contribution in [1.29, 1.82) is 0 Å². The number of carboxylic acid groups (broad SMARTS) is 2. The van der Waals surface area contributed by atoms with E-state index in [1.54, 1.807) is 6.07 Å². The molecule has 86 valence electrons. The summed E-state index contributed by atoms with van der Waals surface area (Å²) in [6.45, 7) is 0. The maximum absolute atomic E-state index is 10.7. The number of aromatic nitrogens is 1. The van der Waals surface area contributed by atoms with Gasteiger partial charge in [-0.05, 0) is 6.07 Å². The molecule has 2 atom stereocenters. The molecular weight excluding hydrogens is 218 g/mol. The van der Waals surface area contributed by atoms with Gasteiger partial charge in [-0.2, -0.15) is 0 Å². The molecule has 0 aliphatic rings. The number of hydrogen-bond donors (Lipinski definition) is 3. The lowest BCUT2D eigenvalue weighted by Crippen LogP contribution is -2.43. The molecule has 0 radical (unpaired) electrons. The first-order valence-corrected chi connectivity index (χ1v) is 4.23. The summed E-state index contributed by atoms with van der Waals surface area (Å²) in [4.78, 5) is 24.7. The van der Waals surface area contributed by atoms with Gasteiger partial charge >= 0.3 is 11.9 Å². The minimum Gasteiger partial charge on any atom is -0.479 e. The fourth-order valence-electron chi connectivity index (χ4n) is 0.926. The minimum absolute atomic E-state index is 0.0739. The number of nitrogens with zero attached hydrogens (tertiary/aromatic N) is 1. The Hall–Kier alpha value is -2.15. The molecule has 0 aromatic carbocycles.